The number of piperazine rings is 1. The van der Waals surface area contributed by atoms with E-state index in [4.69, 9.17) is 4.74 Å². The fraction of sp³-hybridized carbons (Fsp3) is 0.467. The van der Waals surface area contributed by atoms with Gasteiger partial charge < -0.3 is 14.5 Å². The molecule has 2 aliphatic rings. The average molecular weight is 298 g/mol. The summed E-state index contributed by atoms with van der Waals surface area (Å²) in [5, 5.41) is 0. The van der Waals surface area contributed by atoms with Crippen molar-refractivity contribution in [3.05, 3.63) is 31.1 Å². The first-order chi connectivity index (χ1) is 10.9. The molecule has 0 bridgehead atoms. The van der Waals surface area contributed by atoms with Crippen molar-refractivity contribution in [2.24, 2.45) is 0 Å². The van der Waals surface area contributed by atoms with E-state index in [0.717, 1.165) is 50.4 Å². The van der Waals surface area contributed by atoms with Crippen LogP contribution in [0.1, 0.15) is 12.8 Å². The molecule has 0 atom stereocenters. The van der Waals surface area contributed by atoms with Gasteiger partial charge in [0.2, 0.25) is 0 Å². The molecule has 0 spiro atoms. The Balaban J connectivity index is 1.36. The number of ether oxygens (including phenoxy) is 1. The van der Waals surface area contributed by atoms with Gasteiger partial charge in [0.15, 0.2) is 0 Å². The summed E-state index contributed by atoms with van der Waals surface area (Å²) in [6, 6.07) is 0.492. The molecular weight excluding hydrogens is 280 g/mol. The minimum atomic E-state index is 0.336. The van der Waals surface area contributed by atoms with Gasteiger partial charge in [-0.2, -0.15) is 0 Å². The number of anilines is 2. The number of rotatable bonds is 4. The van der Waals surface area contributed by atoms with Crippen LogP contribution in [0.3, 0.4) is 0 Å². The Hall–Kier alpha value is -2.44. The van der Waals surface area contributed by atoms with Gasteiger partial charge in [-0.15, -0.1) is 0 Å². The Kier molecular flexibility index (Phi) is 3.46. The molecule has 7 heteroatoms. The van der Waals surface area contributed by atoms with Crippen molar-refractivity contribution in [3.8, 4) is 6.01 Å². The lowest BCUT2D eigenvalue weighted by Gasteiger charge is -2.36. The minimum absolute atomic E-state index is 0.336. The first-order valence-corrected chi connectivity index (χ1v) is 7.62. The Labute approximate surface area is 129 Å². The Bertz CT molecular complexity index is 608. The van der Waals surface area contributed by atoms with Crippen molar-refractivity contribution >= 4 is 11.4 Å². The highest BCUT2D eigenvalue weighted by molar-refractivity contribution is 5.48. The molecule has 0 amide bonds. The van der Waals surface area contributed by atoms with Crippen molar-refractivity contribution in [2.45, 2.75) is 18.9 Å². The number of nitrogens with zero attached hydrogens (tertiary/aromatic N) is 6. The molecule has 1 aliphatic carbocycles. The highest BCUT2D eigenvalue weighted by Gasteiger charge is 2.25. The fourth-order valence-electron chi connectivity index (χ4n) is 2.55. The Morgan fingerprint density at radius 3 is 1.91 bits per heavy atom. The van der Waals surface area contributed by atoms with Crippen molar-refractivity contribution in [2.75, 3.05) is 36.0 Å². The van der Waals surface area contributed by atoms with Crippen LogP contribution in [-0.2, 0) is 0 Å². The lowest BCUT2D eigenvalue weighted by atomic mass is 10.3. The molecule has 0 N–H and O–H groups in total. The summed E-state index contributed by atoms with van der Waals surface area (Å²) >= 11 is 0. The van der Waals surface area contributed by atoms with Crippen LogP contribution < -0.4 is 14.5 Å². The van der Waals surface area contributed by atoms with Crippen LogP contribution in [0.25, 0.3) is 0 Å². The van der Waals surface area contributed by atoms with E-state index < -0.39 is 0 Å². The van der Waals surface area contributed by atoms with Gasteiger partial charge >= 0.3 is 6.01 Å². The molecule has 22 heavy (non-hydrogen) atoms. The van der Waals surface area contributed by atoms with Crippen LogP contribution in [0.2, 0.25) is 0 Å². The first kappa shape index (κ1) is 13.2. The highest BCUT2D eigenvalue weighted by Crippen LogP contribution is 2.25. The summed E-state index contributed by atoms with van der Waals surface area (Å²) in [5.74, 6) is 0. The van der Waals surface area contributed by atoms with Gasteiger partial charge in [0.25, 0.3) is 0 Å². The van der Waals surface area contributed by atoms with E-state index in [1.165, 1.54) is 0 Å². The molecule has 0 radical (unpaired) electrons. The van der Waals surface area contributed by atoms with Crippen LogP contribution in [-0.4, -0.2) is 52.2 Å². The van der Waals surface area contributed by atoms with Crippen molar-refractivity contribution in [1.82, 2.24) is 19.9 Å². The molecule has 1 aliphatic heterocycles. The van der Waals surface area contributed by atoms with E-state index in [1.54, 1.807) is 6.33 Å². The summed E-state index contributed by atoms with van der Waals surface area (Å²) in [5.41, 5.74) is 2.12. The van der Waals surface area contributed by atoms with Crippen LogP contribution >= 0.6 is 0 Å². The quantitative estimate of drug-likeness (QED) is 0.838. The average Bonchev–Trinajstić information content (AvgIpc) is 3.41. The summed E-state index contributed by atoms with van der Waals surface area (Å²) in [4.78, 5) is 21.3. The summed E-state index contributed by atoms with van der Waals surface area (Å²) in [6.45, 7) is 3.74. The second-order valence-corrected chi connectivity index (χ2v) is 5.61. The van der Waals surface area contributed by atoms with Crippen molar-refractivity contribution in [1.29, 1.82) is 0 Å². The molecule has 1 saturated heterocycles. The monoisotopic (exact) mass is 298 g/mol. The largest absolute Gasteiger partial charge is 0.460 e. The zero-order valence-corrected chi connectivity index (χ0v) is 12.3. The maximum absolute atomic E-state index is 5.58. The minimum Gasteiger partial charge on any atom is -0.460 e. The van der Waals surface area contributed by atoms with Gasteiger partial charge in [-0.3, -0.25) is 0 Å². The van der Waals surface area contributed by atoms with Gasteiger partial charge in [-0.05, 0) is 12.8 Å². The van der Waals surface area contributed by atoms with E-state index in [-0.39, 0.29) is 0 Å². The van der Waals surface area contributed by atoms with Crippen molar-refractivity contribution in [3.63, 3.8) is 0 Å². The normalized spacial score (nSPS) is 18.4. The van der Waals surface area contributed by atoms with Crippen molar-refractivity contribution < 1.29 is 4.74 Å². The molecule has 2 aromatic heterocycles. The van der Waals surface area contributed by atoms with E-state index in [2.05, 4.69) is 29.7 Å². The van der Waals surface area contributed by atoms with Gasteiger partial charge in [0, 0.05) is 26.2 Å². The molecule has 1 saturated carbocycles. The SMILES string of the molecule is c1ncc(N2CCN(c3cnc(OC4CC4)nc3)CC2)cn1. The smallest absolute Gasteiger partial charge is 0.316 e. The molecule has 3 heterocycles. The first-order valence-electron chi connectivity index (χ1n) is 7.62. The predicted molar refractivity (Wildman–Crippen MR) is 82.1 cm³/mol. The van der Waals surface area contributed by atoms with Gasteiger partial charge in [-0.1, -0.05) is 0 Å². The topological polar surface area (TPSA) is 67.3 Å². The molecule has 2 fully saturated rings. The third-order valence-corrected chi connectivity index (χ3v) is 3.97. The summed E-state index contributed by atoms with van der Waals surface area (Å²) < 4.78 is 5.58. The summed E-state index contributed by atoms with van der Waals surface area (Å²) in [7, 11) is 0. The lowest BCUT2D eigenvalue weighted by molar-refractivity contribution is 0.278. The molecule has 2 aromatic rings. The van der Waals surface area contributed by atoms with E-state index in [0.29, 0.717) is 12.1 Å². The van der Waals surface area contributed by atoms with E-state index in [9.17, 15) is 0 Å². The summed E-state index contributed by atoms with van der Waals surface area (Å²) in [6.07, 6.45) is 11.6. The molecule has 114 valence electrons. The van der Waals surface area contributed by atoms with E-state index >= 15 is 0 Å². The second kappa shape index (κ2) is 5.75. The van der Waals surface area contributed by atoms with Crippen LogP contribution in [0.5, 0.6) is 6.01 Å². The lowest BCUT2D eigenvalue weighted by Crippen LogP contribution is -2.46. The predicted octanol–water partition coefficient (Wildman–Crippen LogP) is 1.13. The Morgan fingerprint density at radius 1 is 0.818 bits per heavy atom. The third-order valence-electron chi connectivity index (χ3n) is 3.97. The van der Waals surface area contributed by atoms with E-state index in [1.807, 2.05) is 24.8 Å². The zero-order valence-electron chi connectivity index (χ0n) is 12.3. The Morgan fingerprint density at radius 2 is 1.36 bits per heavy atom. The van der Waals surface area contributed by atoms with Gasteiger partial charge in [0.05, 0.1) is 36.2 Å². The number of hydrogen-bond donors (Lipinski definition) is 0. The molecular formula is C15H18N6O. The molecule has 4 rings (SSSR count). The van der Waals surface area contributed by atoms with Crippen LogP contribution in [0, 0.1) is 0 Å². The molecule has 0 aromatic carbocycles. The molecule has 0 unspecified atom stereocenters. The molecule has 7 nitrogen and oxygen atoms in total. The second-order valence-electron chi connectivity index (χ2n) is 5.61. The standard InChI is InChI=1S/C15H18N6O/c1-2-14(1)22-15-18-9-13(10-19-15)21-5-3-20(4-6-21)12-7-16-11-17-8-12/h7-11,14H,1-6H2. The highest BCUT2D eigenvalue weighted by atomic mass is 16.5. The maximum Gasteiger partial charge on any atom is 0.316 e. The third kappa shape index (κ3) is 2.93. The van der Waals surface area contributed by atoms with Gasteiger partial charge in [0.1, 0.15) is 12.4 Å². The van der Waals surface area contributed by atoms with Crippen LogP contribution in [0.4, 0.5) is 11.4 Å². The fourth-order valence-corrected chi connectivity index (χ4v) is 2.55. The zero-order chi connectivity index (χ0) is 14.8. The maximum atomic E-state index is 5.58. The number of aromatic nitrogens is 4. The number of hydrogen-bond acceptors (Lipinski definition) is 7. The van der Waals surface area contributed by atoms with Gasteiger partial charge in [-0.25, -0.2) is 19.9 Å². The van der Waals surface area contributed by atoms with Crippen LogP contribution in [0.15, 0.2) is 31.1 Å².